The van der Waals surface area contributed by atoms with Gasteiger partial charge in [0.05, 0.1) is 0 Å². The highest BCUT2D eigenvalue weighted by molar-refractivity contribution is 7.99. The van der Waals surface area contributed by atoms with Crippen molar-refractivity contribution >= 4 is 29.3 Å². The lowest BCUT2D eigenvalue weighted by Gasteiger charge is -2.02. The molecule has 0 atom stereocenters. The van der Waals surface area contributed by atoms with Crippen LogP contribution < -0.4 is 5.32 Å². The maximum Gasteiger partial charge on any atom is 0.220 e. The summed E-state index contributed by atoms with van der Waals surface area (Å²) in [4.78, 5) is 11.0. The Hall–Kier alpha value is -0.150. The molecule has 0 bridgehead atoms. The minimum Gasteiger partial charge on any atom is -0.355 e. The molecule has 0 aliphatic rings. The standard InChI is InChI=1S/C9H16ClNOS/c1-2-7-13-8-6-11-9(12)4-3-5-10/h2H,1,3-8H2,(H,11,12). The molecule has 0 aliphatic carbocycles. The monoisotopic (exact) mass is 221 g/mol. The second kappa shape index (κ2) is 9.93. The van der Waals surface area contributed by atoms with E-state index in [9.17, 15) is 4.79 Å². The number of rotatable bonds is 8. The third-order valence-electron chi connectivity index (χ3n) is 1.34. The van der Waals surface area contributed by atoms with Gasteiger partial charge in [-0.1, -0.05) is 6.08 Å². The predicted molar refractivity (Wildman–Crippen MR) is 60.5 cm³/mol. The summed E-state index contributed by atoms with van der Waals surface area (Å²) in [5.74, 6) is 2.54. The molecule has 0 heterocycles. The summed E-state index contributed by atoms with van der Waals surface area (Å²) >= 11 is 7.21. The van der Waals surface area contributed by atoms with E-state index in [4.69, 9.17) is 11.6 Å². The molecule has 0 radical (unpaired) electrons. The molecular formula is C9H16ClNOS. The number of hydrogen-bond acceptors (Lipinski definition) is 2. The Morgan fingerprint density at radius 1 is 1.62 bits per heavy atom. The zero-order chi connectivity index (χ0) is 9.94. The molecule has 76 valence electrons. The minimum absolute atomic E-state index is 0.0971. The van der Waals surface area contributed by atoms with Crippen LogP contribution in [0.15, 0.2) is 12.7 Å². The van der Waals surface area contributed by atoms with Crippen LogP contribution in [0.4, 0.5) is 0 Å². The molecule has 0 aromatic rings. The first-order valence-corrected chi connectivity index (χ1v) is 6.01. The first kappa shape index (κ1) is 12.8. The van der Waals surface area contributed by atoms with E-state index in [0.29, 0.717) is 12.3 Å². The van der Waals surface area contributed by atoms with E-state index in [1.807, 2.05) is 6.08 Å². The zero-order valence-electron chi connectivity index (χ0n) is 7.72. The molecule has 1 amide bonds. The number of alkyl halides is 1. The molecule has 0 rings (SSSR count). The molecular weight excluding hydrogens is 206 g/mol. The molecule has 0 aliphatic heterocycles. The fourth-order valence-electron chi connectivity index (χ4n) is 0.745. The molecule has 0 saturated carbocycles. The van der Waals surface area contributed by atoms with Gasteiger partial charge in [-0.05, 0) is 6.42 Å². The van der Waals surface area contributed by atoms with Gasteiger partial charge in [0.15, 0.2) is 0 Å². The van der Waals surface area contributed by atoms with Crippen molar-refractivity contribution < 1.29 is 4.79 Å². The first-order valence-electron chi connectivity index (χ1n) is 4.32. The van der Waals surface area contributed by atoms with Gasteiger partial charge in [0.2, 0.25) is 5.91 Å². The average Bonchev–Trinajstić information content (AvgIpc) is 2.14. The quantitative estimate of drug-likeness (QED) is 0.386. The fraction of sp³-hybridized carbons (Fsp3) is 0.667. The van der Waals surface area contributed by atoms with Crippen LogP contribution in [-0.4, -0.2) is 29.8 Å². The number of amides is 1. The molecule has 4 heteroatoms. The highest BCUT2D eigenvalue weighted by Crippen LogP contribution is 1.97. The van der Waals surface area contributed by atoms with Gasteiger partial charge in [-0.2, -0.15) is 11.8 Å². The van der Waals surface area contributed by atoms with Gasteiger partial charge < -0.3 is 5.32 Å². The Kier molecular flexibility index (Phi) is 9.82. The van der Waals surface area contributed by atoms with Crippen LogP contribution in [0.2, 0.25) is 0 Å². The highest BCUT2D eigenvalue weighted by Gasteiger charge is 1.98. The van der Waals surface area contributed by atoms with Crippen LogP contribution in [0.5, 0.6) is 0 Å². The number of nitrogens with one attached hydrogen (secondary N) is 1. The van der Waals surface area contributed by atoms with E-state index in [2.05, 4.69) is 11.9 Å². The summed E-state index contributed by atoms with van der Waals surface area (Å²) in [7, 11) is 0. The van der Waals surface area contributed by atoms with Crippen LogP contribution in [0, 0.1) is 0 Å². The summed E-state index contributed by atoms with van der Waals surface area (Å²) in [5, 5.41) is 2.82. The van der Waals surface area contributed by atoms with Crippen molar-refractivity contribution in [3.63, 3.8) is 0 Å². The smallest absolute Gasteiger partial charge is 0.220 e. The second-order valence-electron chi connectivity index (χ2n) is 2.51. The number of thioether (sulfide) groups is 1. The zero-order valence-corrected chi connectivity index (χ0v) is 9.29. The van der Waals surface area contributed by atoms with Gasteiger partial charge in [0, 0.05) is 30.4 Å². The van der Waals surface area contributed by atoms with E-state index in [1.165, 1.54) is 0 Å². The second-order valence-corrected chi connectivity index (χ2v) is 4.03. The van der Waals surface area contributed by atoms with E-state index in [-0.39, 0.29) is 5.91 Å². The maximum absolute atomic E-state index is 11.0. The molecule has 1 N–H and O–H groups in total. The van der Waals surface area contributed by atoms with E-state index < -0.39 is 0 Å². The van der Waals surface area contributed by atoms with Crippen LogP contribution in [0.25, 0.3) is 0 Å². The largest absolute Gasteiger partial charge is 0.355 e. The summed E-state index contributed by atoms with van der Waals surface area (Å²) in [5.41, 5.74) is 0. The Bertz CT molecular complexity index is 153. The Morgan fingerprint density at radius 3 is 3.00 bits per heavy atom. The Morgan fingerprint density at radius 2 is 2.38 bits per heavy atom. The predicted octanol–water partition coefficient (Wildman–Crippen LogP) is 2.04. The molecule has 13 heavy (non-hydrogen) atoms. The topological polar surface area (TPSA) is 29.1 Å². The molecule has 0 saturated heterocycles. The fourth-order valence-corrected chi connectivity index (χ4v) is 1.46. The summed E-state index contributed by atoms with van der Waals surface area (Å²) in [6.07, 6.45) is 3.16. The first-order chi connectivity index (χ1) is 6.31. The lowest BCUT2D eigenvalue weighted by molar-refractivity contribution is -0.120. The number of hydrogen-bond donors (Lipinski definition) is 1. The lowest BCUT2D eigenvalue weighted by Crippen LogP contribution is -2.25. The normalized spacial score (nSPS) is 9.62. The van der Waals surface area contributed by atoms with Crippen LogP contribution in [0.3, 0.4) is 0 Å². The number of halogens is 1. The Balaban J connectivity index is 3.12. The summed E-state index contributed by atoms with van der Waals surface area (Å²) < 4.78 is 0. The van der Waals surface area contributed by atoms with E-state index in [1.54, 1.807) is 11.8 Å². The van der Waals surface area contributed by atoms with E-state index >= 15 is 0 Å². The van der Waals surface area contributed by atoms with Crippen molar-refractivity contribution in [3.8, 4) is 0 Å². The third-order valence-corrected chi connectivity index (χ3v) is 2.57. The van der Waals surface area contributed by atoms with E-state index in [0.717, 1.165) is 24.5 Å². The Labute approximate surface area is 89.1 Å². The van der Waals surface area contributed by atoms with Crippen molar-refractivity contribution in [2.24, 2.45) is 0 Å². The molecule has 0 unspecified atom stereocenters. The molecule has 0 aromatic carbocycles. The van der Waals surface area contributed by atoms with Crippen molar-refractivity contribution in [3.05, 3.63) is 12.7 Å². The van der Waals surface area contributed by atoms with Crippen molar-refractivity contribution in [1.82, 2.24) is 5.32 Å². The summed E-state index contributed by atoms with van der Waals surface area (Å²) in [6, 6.07) is 0. The number of carbonyl (C=O) groups excluding carboxylic acids is 1. The third kappa shape index (κ3) is 9.77. The van der Waals surface area contributed by atoms with Crippen molar-refractivity contribution in [1.29, 1.82) is 0 Å². The van der Waals surface area contributed by atoms with Gasteiger partial charge in [-0.15, -0.1) is 18.2 Å². The summed E-state index contributed by atoms with van der Waals surface area (Å²) in [6.45, 7) is 4.35. The maximum atomic E-state index is 11.0. The minimum atomic E-state index is 0.0971. The van der Waals surface area contributed by atoms with Crippen molar-refractivity contribution in [2.45, 2.75) is 12.8 Å². The molecule has 0 aromatic heterocycles. The van der Waals surface area contributed by atoms with Gasteiger partial charge in [0.1, 0.15) is 0 Å². The van der Waals surface area contributed by atoms with Crippen LogP contribution in [0.1, 0.15) is 12.8 Å². The average molecular weight is 222 g/mol. The van der Waals surface area contributed by atoms with Crippen LogP contribution in [-0.2, 0) is 4.79 Å². The van der Waals surface area contributed by atoms with Gasteiger partial charge >= 0.3 is 0 Å². The van der Waals surface area contributed by atoms with Gasteiger partial charge in [-0.3, -0.25) is 4.79 Å². The number of carbonyl (C=O) groups is 1. The molecule has 0 spiro atoms. The molecule has 2 nitrogen and oxygen atoms in total. The van der Waals surface area contributed by atoms with Crippen molar-refractivity contribution in [2.75, 3.05) is 23.9 Å². The molecule has 0 fully saturated rings. The van der Waals surface area contributed by atoms with Gasteiger partial charge in [-0.25, -0.2) is 0 Å². The van der Waals surface area contributed by atoms with Gasteiger partial charge in [0.25, 0.3) is 0 Å². The van der Waals surface area contributed by atoms with Crippen LogP contribution >= 0.6 is 23.4 Å². The SMILES string of the molecule is C=CCSCCNC(=O)CCCCl. The lowest BCUT2D eigenvalue weighted by atomic mass is 10.3. The highest BCUT2D eigenvalue weighted by atomic mass is 35.5.